The minimum Gasteiger partial charge on any atom is -0.218 e. The zero-order valence-electron chi connectivity index (χ0n) is 16.7. The van der Waals surface area contributed by atoms with Gasteiger partial charge in [0.2, 0.25) is 29.9 Å². The Morgan fingerprint density at radius 2 is 1.39 bits per heavy atom. The number of sulfonamides is 2. The van der Waals surface area contributed by atoms with Gasteiger partial charge in [-0.25, -0.2) is 34.4 Å². The van der Waals surface area contributed by atoms with Gasteiger partial charge in [0.15, 0.2) is 0 Å². The van der Waals surface area contributed by atoms with E-state index in [-0.39, 0.29) is 25.6 Å². The van der Waals surface area contributed by atoms with E-state index >= 15 is 0 Å². The van der Waals surface area contributed by atoms with Crippen LogP contribution in [0.1, 0.15) is 12.8 Å². The first kappa shape index (κ1) is 23.8. The molecule has 1 fully saturated rings. The minimum atomic E-state index is -4.42. The van der Waals surface area contributed by atoms with Crippen molar-refractivity contribution in [2.75, 3.05) is 25.9 Å². The number of hydrogen-bond acceptors (Lipinski definition) is 6. The number of sulfone groups is 1. The molecule has 2 aromatic rings. The molecule has 170 valence electrons. The molecule has 1 heterocycles. The van der Waals surface area contributed by atoms with Crippen LogP contribution in [0.2, 0.25) is 0 Å². The van der Waals surface area contributed by atoms with Crippen molar-refractivity contribution in [1.29, 1.82) is 0 Å². The molecular formula is C19H23FN2O6S3. The van der Waals surface area contributed by atoms with E-state index in [1.165, 1.54) is 34.6 Å². The highest BCUT2D eigenvalue weighted by Gasteiger charge is 2.35. The third-order valence-corrected chi connectivity index (χ3v) is 9.71. The van der Waals surface area contributed by atoms with Gasteiger partial charge in [-0.15, -0.1) is 0 Å². The summed E-state index contributed by atoms with van der Waals surface area (Å²) in [6.45, 7) is 0.448. The third kappa shape index (κ3) is 5.32. The lowest BCUT2D eigenvalue weighted by Gasteiger charge is -2.31. The van der Waals surface area contributed by atoms with Gasteiger partial charge in [0.1, 0.15) is 15.6 Å². The van der Waals surface area contributed by atoms with Crippen molar-refractivity contribution >= 4 is 29.9 Å². The predicted octanol–water partition coefficient (Wildman–Crippen LogP) is 1.61. The van der Waals surface area contributed by atoms with E-state index in [9.17, 15) is 29.6 Å². The highest BCUT2D eigenvalue weighted by atomic mass is 32.2. The van der Waals surface area contributed by atoms with Crippen molar-refractivity contribution in [2.45, 2.75) is 27.5 Å². The molecule has 0 radical (unpaired) electrons. The molecule has 3 rings (SSSR count). The van der Waals surface area contributed by atoms with Gasteiger partial charge >= 0.3 is 0 Å². The smallest absolute Gasteiger partial charge is 0.218 e. The van der Waals surface area contributed by atoms with Crippen molar-refractivity contribution in [3.05, 3.63) is 54.3 Å². The summed E-state index contributed by atoms with van der Waals surface area (Å²) in [5, 5.41) is 0. The van der Waals surface area contributed by atoms with Gasteiger partial charge in [0.25, 0.3) is 0 Å². The first-order valence-electron chi connectivity index (χ1n) is 9.46. The molecule has 31 heavy (non-hydrogen) atoms. The van der Waals surface area contributed by atoms with Crippen LogP contribution in [0.3, 0.4) is 0 Å². The Morgan fingerprint density at radius 1 is 0.871 bits per heavy atom. The van der Waals surface area contributed by atoms with Crippen LogP contribution in [0, 0.1) is 11.7 Å². The van der Waals surface area contributed by atoms with Crippen LogP contribution in [-0.4, -0.2) is 55.4 Å². The second kappa shape index (κ2) is 8.94. The molecule has 1 aliphatic heterocycles. The second-order valence-electron chi connectivity index (χ2n) is 7.35. The van der Waals surface area contributed by atoms with Gasteiger partial charge in [-0.05, 0) is 43.0 Å². The largest absolute Gasteiger partial charge is 0.244 e. The first-order valence-corrected chi connectivity index (χ1v) is 14.3. The topological polar surface area (TPSA) is 118 Å². The average molecular weight is 491 g/mol. The molecule has 0 saturated carbocycles. The molecule has 0 atom stereocenters. The lowest BCUT2D eigenvalue weighted by Crippen LogP contribution is -2.41. The second-order valence-corrected chi connectivity index (χ2v) is 13.0. The molecule has 0 bridgehead atoms. The van der Waals surface area contributed by atoms with E-state index < -0.39 is 50.4 Å². The summed E-state index contributed by atoms with van der Waals surface area (Å²) >= 11 is 0. The van der Waals surface area contributed by atoms with E-state index in [0.717, 1.165) is 24.5 Å². The number of nitrogens with one attached hydrogen (secondary N) is 1. The van der Waals surface area contributed by atoms with E-state index in [1.54, 1.807) is 0 Å². The van der Waals surface area contributed by atoms with Crippen molar-refractivity contribution in [2.24, 2.45) is 5.92 Å². The number of halogens is 1. The summed E-state index contributed by atoms with van der Waals surface area (Å²) < 4.78 is 92.9. The van der Waals surface area contributed by atoms with Gasteiger partial charge in [0.05, 0.1) is 11.2 Å². The minimum absolute atomic E-state index is 0.0291. The SMILES string of the molecule is CS(=O)(=O)NCC1CCN(S(=O)(=O)c2ccccc2S(=O)(=O)c2ccccc2F)CC1. The van der Waals surface area contributed by atoms with E-state index in [4.69, 9.17) is 0 Å². The highest BCUT2D eigenvalue weighted by Crippen LogP contribution is 2.32. The van der Waals surface area contributed by atoms with Crippen LogP contribution in [-0.2, 0) is 29.9 Å². The third-order valence-electron chi connectivity index (χ3n) is 5.09. The molecular weight excluding hydrogens is 467 g/mol. The quantitative estimate of drug-likeness (QED) is 0.630. The molecule has 1 aliphatic rings. The summed E-state index contributed by atoms with van der Waals surface area (Å²) in [6.07, 6.45) is 1.90. The zero-order chi connectivity index (χ0) is 22.9. The first-order chi connectivity index (χ1) is 14.4. The van der Waals surface area contributed by atoms with Crippen molar-refractivity contribution < 1.29 is 29.6 Å². The van der Waals surface area contributed by atoms with Gasteiger partial charge < -0.3 is 0 Å². The molecule has 1 N–H and O–H groups in total. The van der Waals surface area contributed by atoms with E-state index in [2.05, 4.69) is 4.72 Å². The number of hydrogen-bond donors (Lipinski definition) is 1. The number of rotatable bonds is 7. The maximum atomic E-state index is 14.2. The molecule has 2 aromatic carbocycles. The highest BCUT2D eigenvalue weighted by molar-refractivity contribution is 7.93. The number of nitrogens with zero attached hydrogens (tertiary/aromatic N) is 1. The van der Waals surface area contributed by atoms with Gasteiger partial charge in [-0.2, -0.15) is 4.31 Å². The van der Waals surface area contributed by atoms with Crippen molar-refractivity contribution in [3.63, 3.8) is 0 Å². The maximum Gasteiger partial charge on any atom is 0.244 e. The average Bonchev–Trinajstić information content (AvgIpc) is 2.72. The summed E-state index contributed by atoms with van der Waals surface area (Å²) in [7, 11) is -11.9. The Labute approximate surface area is 182 Å². The standard InChI is InChI=1S/C19H23FN2O6S3/c1-29(23,24)21-14-15-10-12-22(13-11-15)31(27,28)19-9-5-4-8-18(19)30(25,26)17-7-3-2-6-16(17)20/h2-9,15,21H,10-14H2,1H3. The summed E-state index contributed by atoms with van der Waals surface area (Å²) in [5.41, 5.74) is 0. The molecule has 0 aliphatic carbocycles. The van der Waals surface area contributed by atoms with Crippen LogP contribution in [0.4, 0.5) is 4.39 Å². The van der Waals surface area contributed by atoms with Gasteiger partial charge in [0, 0.05) is 19.6 Å². The van der Waals surface area contributed by atoms with Crippen molar-refractivity contribution in [1.82, 2.24) is 9.03 Å². The Kier molecular flexibility index (Phi) is 6.87. The van der Waals surface area contributed by atoms with Crippen LogP contribution >= 0.6 is 0 Å². The lowest BCUT2D eigenvalue weighted by atomic mass is 9.99. The molecule has 0 amide bonds. The number of benzene rings is 2. The molecule has 12 heteroatoms. The molecule has 8 nitrogen and oxygen atoms in total. The lowest BCUT2D eigenvalue weighted by molar-refractivity contribution is 0.274. The molecule has 0 unspecified atom stereocenters. The Bertz CT molecular complexity index is 1270. The fourth-order valence-electron chi connectivity index (χ4n) is 3.43. The van der Waals surface area contributed by atoms with Crippen LogP contribution < -0.4 is 4.72 Å². The number of piperidine rings is 1. The zero-order valence-corrected chi connectivity index (χ0v) is 19.2. The summed E-state index contributed by atoms with van der Waals surface area (Å²) in [5.74, 6) is -0.993. The van der Waals surface area contributed by atoms with Crippen LogP contribution in [0.25, 0.3) is 0 Å². The maximum absolute atomic E-state index is 14.2. The van der Waals surface area contributed by atoms with Crippen molar-refractivity contribution in [3.8, 4) is 0 Å². The van der Waals surface area contributed by atoms with Gasteiger partial charge in [-0.3, -0.25) is 0 Å². The van der Waals surface area contributed by atoms with Crippen LogP contribution in [0.15, 0.2) is 63.2 Å². The Morgan fingerprint density at radius 3 is 1.94 bits per heavy atom. The fourth-order valence-corrected chi connectivity index (χ4v) is 7.56. The Balaban J connectivity index is 1.88. The van der Waals surface area contributed by atoms with E-state index in [1.807, 2.05) is 0 Å². The monoisotopic (exact) mass is 490 g/mol. The molecule has 1 saturated heterocycles. The molecule has 0 spiro atoms. The summed E-state index contributed by atoms with van der Waals surface area (Å²) in [4.78, 5) is -1.49. The normalized spacial score (nSPS) is 17.0. The van der Waals surface area contributed by atoms with E-state index in [0.29, 0.717) is 12.8 Å². The fraction of sp³-hybridized carbons (Fsp3) is 0.368. The predicted molar refractivity (Wildman–Crippen MR) is 113 cm³/mol. The summed E-state index contributed by atoms with van der Waals surface area (Å²) in [6, 6.07) is 9.94. The van der Waals surface area contributed by atoms with Gasteiger partial charge in [-0.1, -0.05) is 24.3 Å². The van der Waals surface area contributed by atoms with Crippen LogP contribution in [0.5, 0.6) is 0 Å². The molecule has 0 aromatic heterocycles. The Hall–Kier alpha value is -1.86.